The van der Waals surface area contributed by atoms with Gasteiger partial charge in [-0.3, -0.25) is 9.59 Å². The minimum Gasteiger partial charge on any atom is -0.493 e. The molecule has 0 spiro atoms. The van der Waals surface area contributed by atoms with Gasteiger partial charge >= 0.3 is 0 Å². The van der Waals surface area contributed by atoms with Crippen LogP contribution in [0.1, 0.15) is 27.8 Å². The van der Waals surface area contributed by atoms with Gasteiger partial charge in [-0.15, -0.1) is 0 Å². The predicted molar refractivity (Wildman–Crippen MR) is 139 cm³/mol. The number of carbonyl (C=O) groups is 2. The number of hydrogen-bond donors (Lipinski definition) is 0. The second-order valence-corrected chi connectivity index (χ2v) is 9.19. The molecule has 1 saturated heterocycles. The lowest BCUT2D eigenvalue weighted by molar-refractivity contribution is 0.0411. The van der Waals surface area contributed by atoms with Crippen molar-refractivity contribution in [1.29, 1.82) is 0 Å². The smallest absolute Gasteiger partial charge is 0.274 e. The second kappa shape index (κ2) is 10.1. The molecule has 2 aromatic heterocycles. The highest BCUT2D eigenvalue weighted by atomic mass is 35.5. The Bertz CT molecular complexity index is 1490. The van der Waals surface area contributed by atoms with Gasteiger partial charge in [-0.2, -0.15) is 5.10 Å². The van der Waals surface area contributed by atoms with Gasteiger partial charge in [0.1, 0.15) is 0 Å². The largest absolute Gasteiger partial charge is 0.493 e. The molecule has 0 N–H and O–H groups in total. The van der Waals surface area contributed by atoms with E-state index < -0.39 is 0 Å². The van der Waals surface area contributed by atoms with Gasteiger partial charge in [0.15, 0.2) is 22.8 Å². The molecule has 1 atom stereocenters. The Hall–Kier alpha value is -4.11. The SMILES string of the molecule is COc1ccc(-c2ccnc3cc(C(=O)N4CCN(C(=O)c5ccccc5Cl)C(C)C4)nn23)cc1OC. The zero-order valence-electron chi connectivity index (χ0n) is 20.7. The summed E-state index contributed by atoms with van der Waals surface area (Å²) in [6.45, 7) is 3.11. The van der Waals surface area contributed by atoms with Crippen LogP contribution in [0.4, 0.5) is 0 Å². The van der Waals surface area contributed by atoms with Gasteiger partial charge in [0, 0.05) is 43.5 Å². The molecule has 190 valence electrons. The predicted octanol–water partition coefficient (Wildman–Crippen LogP) is 4.05. The molecular formula is C27H26ClN5O4. The molecule has 0 radical (unpaired) electrons. The Morgan fingerprint density at radius 1 is 0.973 bits per heavy atom. The van der Waals surface area contributed by atoms with Gasteiger partial charge in [-0.05, 0) is 43.3 Å². The molecule has 0 bridgehead atoms. The van der Waals surface area contributed by atoms with Gasteiger partial charge in [0.2, 0.25) is 0 Å². The Labute approximate surface area is 219 Å². The quantitative estimate of drug-likeness (QED) is 0.395. The van der Waals surface area contributed by atoms with Crippen molar-refractivity contribution in [3.05, 3.63) is 77.1 Å². The lowest BCUT2D eigenvalue weighted by Gasteiger charge is -2.39. The number of methoxy groups -OCH3 is 2. The van der Waals surface area contributed by atoms with Crippen LogP contribution in [-0.4, -0.2) is 76.1 Å². The summed E-state index contributed by atoms with van der Waals surface area (Å²) in [5, 5.41) is 5.01. The number of nitrogens with zero attached hydrogens (tertiary/aromatic N) is 5. The topological polar surface area (TPSA) is 89.3 Å². The molecule has 4 aromatic rings. The van der Waals surface area contributed by atoms with Gasteiger partial charge in [-0.25, -0.2) is 9.50 Å². The second-order valence-electron chi connectivity index (χ2n) is 8.78. The molecule has 0 saturated carbocycles. The number of amides is 2. The van der Waals surface area contributed by atoms with E-state index in [0.717, 1.165) is 11.3 Å². The molecule has 1 unspecified atom stereocenters. The van der Waals surface area contributed by atoms with Gasteiger partial charge in [0.25, 0.3) is 11.8 Å². The van der Waals surface area contributed by atoms with E-state index in [9.17, 15) is 9.59 Å². The highest BCUT2D eigenvalue weighted by Gasteiger charge is 2.32. The summed E-state index contributed by atoms with van der Waals surface area (Å²) < 4.78 is 12.4. The summed E-state index contributed by atoms with van der Waals surface area (Å²) in [5.74, 6) is 0.864. The van der Waals surface area contributed by atoms with Gasteiger partial charge < -0.3 is 19.3 Å². The number of ether oxygens (including phenoxy) is 2. The Morgan fingerprint density at radius 2 is 1.76 bits per heavy atom. The molecule has 10 heteroatoms. The van der Waals surface area contributed by atoms with Crippen molar-refractivity contribution in [2.75, 3.05) is 33.9 Å². The number of halogens is 1. The van der Waals surface area contributed by atoms with Crippen molar-refractivity contribution in [3.8, 4) is 22.8 Å². The van der Waals surface area contributed by atoms with E-state index in [2.05, 4.69) is 10.1 Å². The van der Waals surface area contributed by atoms with Crippen LogP contribution in [0.3, 0.4) is 0 Å². The Kier molecular flexibility index (Phi) is 6.71. The van der Waals surface area contributed by atoms with Crippen molar-refractivity contribution in [2.24, 2.45) is 0 Å². The number of rotatable bonds is 5. The van der Waals surface area contributed by atoms with Crippen LogP contribution in [0.15, 0.2) is 60.8 Å². The van der Waals surface area contributed by atoms with Gasteiger partial charge in [-0.1, -0.05) is 23.7 Å². The monoisotopic (exact) mass is 519 g/mol. The minimum atomic E-state index is -0.208. The minimum absolute atomic E-state index is 0.137. The van der Waals surface area contributed by atoms with Crippen LogP contribution in [0.2, 0.25) is 5.02 Å². The van der Waals surface area contributed by atoms with Gasteiger partial charge in [0.05, 0.1) is 30.5 Å². The maximum Gasteiger partial charge on any atom is 0.274 e. The summed E-state index contributed by atoms with van der Waals surface area (Å²) in [4.78, 5) is 34.3. The summed E-state index contributed by atoms with van der Waals surface area (Å²) >= 11 is 6.23. The normalized spacial score (nSPS) is 15.6. The average molecular weight is 520 g/mol. The fraction of sp³-hybridized carbons (Fsp3) is 0.259. The van der Waals surface area contributed by atoms with E-state index >= 15 is 0 Å². The third kappa shape index (κ3) is 4.58. The van der Waals surface area contributed by atoms with Crippen molar-refractivity contribution in [3.63, 3.8) is 0 Å². The molecule has 1 aliphatic heterocycles. The number of benzene rings is 2. The number of piperazine rings is 1. The third-order valence-electron chi connectivity index (χ3n) is 6.54. The van der Waals surface area contributed by atoms with Crippen molar-refractivity contribution in [2.45, 2.75) is 13.0 Å². The van der Waals surface area contributed by atoms with E-state index in [1.54, 1.807) is 65.1 Å². The molecule has 5 rings (SSSR count). The molecule has 37 heavy (non-hydrogen) atoms. The Balaban J connectivity index is 1.37. The van der Waals surface area contributed by atoms with Crippen LogP contribution in [0.25, 0.3) is 16.9 Å². The standard InChI is InChI=1S/C27H26ClN5O4/c1-17-16-31(12-13-32(17)26(34)19-6-4-5-7-20(19)28)27(35)21-15-25-29-11-10-22(33(25)30-21)18-8-9-23(36-2)24(14-18)37-3/h4-11,14-15,17H,12-13,16H2,1-3H3. The summed E-state index contributed by atoms with van der Waals surface area (Å²) in [6.07, 6.45) is 1.68. The molecule has 1 fully saturated rings. The van der Waals surface area contributed by atoms with E-state index in [1.165, 1.54) is 0 Å². The molecule has 1 aliphatic rings. The fourth-order valence-corrected chi connectivity index (χ4v) is 4.83. The molecule has 2 amide bonds. The first-order valence-electron chi connectivity index (χ1n) is 11.8. The van der Waals surface area contributed by atoms with E-state index in [1.807, 2.05) is 31.2 Å². The third-order valence-corrected chi connectivity index (χ3v) is 6.87. The highest BCUT2D eigenvalue weighted by Crippen LogP contribution is 2.32. The molecule has 0 aliphatic carbocycles. The van der Waals surface area contributed by atoms with Crippen LogP contribution >= 0.6 is 11.6 Å². The molecule has 2 aromatic carbocycles. The molecule has 3 heterocycles. The lowest BCUT2D eigenvalue weighted by Crippen LogP contribution is -2.55. The summed E-state index contributed by atoms with van der Waals surface area (Å²) in [5.41, 5.74) is 2.90. The fourth-order valence-electron chi connectivity index (χ4n) is 4.61. The summed E-state index contributed by atoms with van der Waals surface area (Å²) in [7, 11) is 3.16. The first kappa shape index (κ1) is 24.6. The van der Waals surface area contributed by atoms with Crippen LogP contribution in [-0.2, 0) is 0 Å². The zero-order valence-corrected chi connectivity index (χ0v) is 21.5. The van der Waals surface area contributed by atoms with E-state index in [0.29, 0.717) is 53.1 Å². The lowest BCUT2D eigenvalue weighted by atomic mass is 10.1. The number of aromatic nitrogens is 3. The number of hydrogen-bond acceptors (Lipinski definition) is 6. The van der Waals surface area contributed by atoms with E-state index in [-0.39, 0.29) is 17.9 Å². The number of carbonyl (C=O) groups excluding carboxylic acids is 2. The highest BCUT2D eigenvalue weighted by molar-refractivity contribution is 6.33. The zero-order chi connectivity index (χ0) is 26.1. The first-order valence-corrected chi connectivity index (χ1v) is 12.2. The molecule has 9 nitrogen and oxygen atoms in total. The maximum atomic E-state index is 13.4. The first-order chi connectivity index (χ1) is 17.9. The summed E-state index contributed by atoms with van der Waals surface area (Å²) in [6, 6.07) is 15.9. The van der Waals surface area contributed by atoms with Crippen LogP contribution in [0, 0.1) is 0 Å². The van der Waals surface area contributed by atoms with Crippen LogP contribution < -0.4 is 9.47 Å². The van der Waals surface area contributed by atoms with Crippen molar-refractivity contribution < 1.29 is 19.1 Å². The average Bonchev–Trinajstić information content (AvgIpc) is 3.36. The van der Waals surface area contributed by atoms with Crippen LogP contribution in [0.5, 0.6) is 11.5 Å². The molecular weight excluding hydrogens is 494 g/mol. The van der Waals surface area contributed by atoms with E-state index in [4.69, 9.17) is 21.1 Å². The Morgan fingerprint density at radius 3 is 2.49 bits per heavy atom. The number of fused-ring (bicyclic) bond motifs is 1. The van der Waals surface area contributed by atoms with Crippen molar-refractivity contribution >= 4 is 29.1 Å². The van der Waals surface area contributed by atoms with Crippen molar-refractivity contribution in [1.82, 2.24) is 24.4 Å². The maximum absolute atomic E-state index is 13.4.